The first-order chi connectivity index (χ1) is 11.1. The summed E-state index contributed by atoms with van der Waals surface area (Å²) in [6, 6.07) is 0. The molecule has 23 heavy (non-hydrogen) atoms. The lowest BCUT2D eigenvalue weighted by Crippen LogP contribution is -2.40. The van der Waals surface area contributed by atoms with Crippen LogP contribution in [-0.2, 0) is 19.1 Å². The normalized spacial score (nSPS) is 21.0. The average Bonchev–Trinajstić information content (AvgIpc) is 2.59. The Labute approximate surface area is 140 Å². The van der Waals surface area contributed by atoms with Crippen molar-refractivity contribution in [2.24, 2.45) is 11.8 Å². The highest BCUT2D eigenvalue weighted by Crippen LogP contribution is 2.32. The first-order valence-electron chi connectivity index (χ1n) is 8.96. The second-order valence-corrected chi connectivity index (χ2v) is 6.50. The van der Waals surface area contributed by atoms with Gasteiger partial charge in [-0.3, -0.25) is 9.59 Å². The Morgan fingerprint density at radius 3 is 2.35 bits per heavy atom. The Bertz CT molecular complexity index is 351. The second kappa shape index (κ2) is 11.4. The molecule has 0 atom stereocenters. The molecule has 0 aromatic carbocycles. The van der Waals surface area contributed by atoms with Crippen molar-refractivity contribution in [1.29, 1.82) is 0 Å². The van der Waals surface area contributed by atoms with Crippen molar-refractivity contribution in [2.45, 2.75) is 58.3 Å². The van der Waals surface area contributed by atoms with Crippen LogP contribution in [0.25, 0.3) is 0 Å². The molecule has 1 aliphatic rings. The van der Waals surface area contributed by atoms with Gasteiger partial charge in [-0.25, -0.2) is 0 Å². The quantitative estimate of drug-likeness (QED) is 0.579. The SMILES string of the molecule is CCCCC1CCC(C(=O)N(CCOC)CCC(=O)OC)CC1. The van der Waals surface area contributed by atoms with E-state index >= 15 is 0 Å². The minimum atomic E-state index is -0.275. The van der Waals surface area contributed by atoms with Crippen LogP contribution in [-0.4, -0.2) is 50.7 Å². The number of amides is 1. The van der Waals surface area contributed by atoms with Crippen LogP contribution < -0.4 is 0 Å². The number of methoxy groups -OCH3 is 2. The van der Waals surface area contributed by atoms with Crippen LogP contribution in [0.4, 0.5) is 0 Å². The molecule has 0 heterocycles. The summed E-state index contributed by atoms with van der Waals surface area (Å²) >= 11 is 0. The van der Waals surface area contributed by atoms with E-state index in [0.717, 1.165) is 31.6 Å². The first kappa shape index (κ1) is 19.9. The van der Waals surface area contributed by atoms with E-state index in [-0.39, 0.29) is 24.2 Å². The van der Waals surface area contributed by atoms with Gasteiger partial charge in [-0.1, -0.05) is 26.2 Å². The number of carbonyl (C=O) groups excluding carboxylic acids is 2. The Morgan fingerprint density at radius 1 is 1.09 bits per heavy atom. The van der Waals surface area contributed by atoms with Gasteiger partial charge in [0.15, 0.2) is 0 Å². The van der Waals surface area contributed by atoms with Gasteiger partial charge < -0.3 is 14.4 Å². The largest absolute Gasteiger partial charge is 0.469 e. The highest BCUT2D eigenvalue weighted by atomic mass is 16.5. The summed E-state index contributed by atoms with van der Waals surface area (Å²) in [5.74, 6) is 0.812. The third-order valence-corrected chi connectivity index (χ3v) is 4.85. The Morgan fingerprint density at radius 2 is 1.78 bits per heavy atom. The maximum absolute atomic E-state index is 12.7. The van der Waals surface area contributed by atoms with Crippen LogP contribution in [0.3, 0.4) is 0 Å². The van der Waals surface area contributed by atoms with Crippen LogP contribution in [0.2, 0.25) is 0 Å². The molecule has 1 saturated carbocycles. The van der Waals surface area contributed by atoms with E-state index in [0.29, 0.717) is 19.7 Å². The highest BCUT2D eigenvalue weighted by Gasteiger charge is 2.29. The predicted molar refractivity (Wildman–Crippen MR) is 90.1 cm³/mol. The molecule has 0 N–H and O–H groups in total. The topological polar surface area (TPSA) is 55.8 Å². The molecule has 134 valence electrons. The smallest absolute Gasteiger partial charge is 0.307 e. The van der Waals surface area contributed by atoms with E-state index in [1.807, 2.05) is 0 Å². The summed E-state index contributed by atoms with van der Waals surface area (Å²) in [7, 11) is 3.00. The minimum absolute atomic E-state index is 0.113. The summed E-state index contributed by atoms with van der Waals surface area (Å²) in [5.41, 5.74) is 0. The zero-order valence-electron chi connectivity index (χ0n) is 15.0. The van der Waals surface area contributed by atoms with Gasteiger partial charge in [0.25, 0.3) is 0 Å². The number of esters is 1. The van der Waals surface area contributed by atoms with Gasteiger partial charge in [-0.05, 0) is 31.6 Å². The fraction of sp³-hybridized carbons (Fsp3) is 0.889. The van der Waals surface area contributed by atoms with Crippen molar-refractivity contribution >= 4 is 11.9 Å². The summed E-state index contributed by atoms with van der Waals surface area (Å²) in [6.07, 6.45) is 8.37. The third kappa shape index (κ3) is 7.34. The molecule has 1 fully saturated rings. The first-order valence-corrected chi connectivity index (χ1v) is 8.96. The van der Waals surface area contributed by atoms with E-state index in [2.05, 4.69) is 11.7 Å². The third-order valence-electron chi connectivity index (χ3n) is 4.85. The van der Waals surface area contributed by atoms with Crippen molar-refractivity contribution in [3.8, 4) is 0 Å². The van der Waals surface area contributed by atoms with E-state index < -0.39 is 0 Å². The van der Waals surface area contributed by atoms with E-state index in [4.69, 9.17) is 4.74 Å². The molecule has 0 bridgehead atoms. The molecule has 5 heteroatoms. The molecule has 5 nitrogen and oxygen atoms in total. The average molecular weight is 327 g/mol. The van der Waals surface area contributed by atoms with Crippen LogP contribution in [0.1, 0.15) is 58.3 Å². The number of carbonyl (C=O) groups is 2. The standard InChI is InChI=1S/C18H33NO4/c1-4-5-6-15-7-9-16(10-8-15)18(21)19(13-14-22-2)12-11-17(20)23-3/h15-16H,4-14H2,1-3H3. The predicted octanol–water partition coefficient (Wildman–Crippen LogP) is 3.02. The van der Waals surface area contributed by atoms with Crippen molar-refractivity contribution in [3.05, 3.63) is 0 Å². The van der Waals surface area contributed by atoms with E-state index in [1.165, 1.54) is 26.4 Å². The Hall–Kier alpha value is -1.10. The van der Waals surface area contributed by atoms with E-state index in [1.54, 1.807) is 12.0 Å². The zero-order valence-corrected chi connectivity index (χ0v) is 15.0. The summed E-state index contributed by atoms with van der Waals surface area (Å²) in [6.45, 7) is 3.69. The highest BCUT2D eigenvalue weighted by molar-refractivity contribution is 5.79. The molecule has 1 rings (SSSR count). The van der Waals surface area contributed by atoms with Gasteiger partial charge in [0.1, 0.15) is 0 Å². The molecule has 0 aromatic heterocycles. The van der Waals surface area contributed by atoms with Crippen LogP contribution in [0.15, 0.2) is 0 Å². The van der Waals surface area contributed by atoms with Gasteiger partial charge >= 0.3 is 5.97 Å². The molecule has 1 amide bonds. The van der Waals surface area contributed by atoms with Gasteiger partial charge in [0.2, 0.25) is 5.91 Å². The van der Waals surface area contributed by atoms with Crippen molar-refractivity contribution in [1.82, 2.24) is 4.90 Å². The van der Waals surface area contributed by atoms with Crippen LogP contribution in [0, 0.1) is 11.8 Å². The maximum atomic E-state index is 12.7. The number of ether oxygens (including phenoxy) is 2. The van der Waals surface area contributed by atoms with Gasteiger partial charge in [0, 0.05) is 26.1 Å². The fourth-order valence-electron chi connectivity index (χ4n) is 3.31. The molecule has 1 aliphatic carbocycles. The molecule has 0 unspecified atom stereocenters. The van der Waals surface area contributed by atoms with Gasteiger partial charge in [-0.15, -0.1) is 0 Å². The molecule has 0 aromatic rings. The lowest BCUT2D eigenvalue weighted by atomic mass is 9.79. The van der Waals surface area contributed by atoms with Crippen molar-refractivity contribution in [3.63, 3.8) is 0 Å². The maximum Gasteiger partial charge on any atom is 0.307 e. The van der Waals surface area contributed by atoms with E-state index in [9.17, 15) is 9.59 Å². The number of rotatable bonds is 10. The number of unbranched alkanes of at least 4 members (excludes halogenated alkanes) is 1. The lowest BCUT2D eigenvalue weighted by molar-refractivity contribution is -0.143. The Balaban J connectivity index is 2.47. The number of hydrogen-bond acceptors (Lipinski definition) is 4. The second-order valence-electron chi connectivity index (χ2n) is 6.50. The summed E-state index contributed by atoms with van der Waals surface area (Å²) in [5, 5.41) is 0. The van der Waals surface area contributed by atoms with Crippen LogP contribution in [0.5, 0.6) is 0 Å². The molecule has 0 spiro atoms. The molecule has 0 saturated heterocycles. The zero-order chi connectivity index (χ0) is 17.1. The molecular weight excluding hydrogens is 294 g/mol. The number of hydrogen-bond donors (Lipinski definition) is 0. The molecule has 0 aliphatic heterocycles. The minimum Gasteiger partial charge on any atom is -0.469 e. The van der Waals surface area contributed by atoms with Gasteiger partial charge in [-0.2, -0.15) is 0 Å². The number of nitrogens with zero attached hydrogens (tertiary/aromatic N) is 1. The van der Waals surface area contributed by atoms with Crippen molar-refractivity contribution < 1.29 is 19.1 Å². The summed E-state index contributed by atoms with van der Waals surface area (Å²) < 4.78 is 9.77. The fourth-order valence-corrected chi connectivity index (χ4v) is 3.31. The monoisotopic (exact) mass is 327 g/mol. The van der Waals surface area contributed by atoms with Gasteiger partial charge in [0.05, 0.1) is 20.1 Å². The molecule has 0 radical (unpaired) electrons. The molecular formula is C18H33NO4. The van der Waals surface area contributed by atoms with Crippen LogP contribution >= 0.6 is 0 Å². The Kier molecular flexibility index (Phi) is 9.92. The lowest BCUT2D eigenvalue weighted by Gasteiger charge is -2.32. The van der Waals surface area contributed by atoms with Crippen molar-refractivity contribution in [2.75, 3.05) is 33.9 Å². The summed E-state index contributed by atoms with van der Waals surface area (Å²) in [4.78, 5) is 25.9.